The van der Waals surface area contributed by atoms with Gasteiger partial charge in [-0.25, -0.2) is 9.10 Å². The van der Waals surface area contributed by atoms with Crippen LogP contribution in [0.15, 0.2) is 12.1 Å². The van der Waals surface area contributed by atoms with Crippen LogP contribution in [-0.4, -0.2) is 13.1 Å². The molecule has 0 aromatic heterocycles. The zero-order valence-corrected chi connectivity index (χ0v) is 10.8. The average molecular weight is 286 g/mol. The van der Waals surface area contributed by atoms with Crippen molar-refractivity contribution < 1.29 is 4.79 Å². The fraction of sp³-hybridized carbons (Fsp3) is 0.125. The number of amides is 2. The number of nitrogens with one attached hydrogen (secondary N) is 1. The third-order valence-corrected chi connectivity index (χ3v) is 2.78. The van der Waals surface area contributed by atoms with Crippen molar-refractivity contribution in [3.63, 3.8) is 0 Å². The van der Waals surface area contributed by atoms with Crippen molar-refractivity contribution in [3.05, 3.63) is 27.2 Å². The third-order valence-electron chi connectivity index (χ3n) is 1.60. The number of nitrogens with zero attached hydrogens (tertiary/aromatic N) is 1. The van der Waals surface area contributed by atoms with Gasteiger partial charge in [-0.2, -0.15) is 0 Å². The van der Waals surface area contributed by atoms with Gasteiger partial charge in [-0.1, -0.05) is 47.6 Å². The van der Waals surface area contributed by atoms with Gasteiger partial charge < -0.3 is 5.32 Å². The Morgan fingerprint density at radius 2 is 1.80 bits per heavy atom. The second-order valence-corrected chi connectivity index (χ2v) is 4.24. The molecule has 0 heterocycles. The molecule has 1 N–H and O–H groups in total. The van der Waals surface area contributed by atoms with E-state index in [-0.39, 0.29) is 10.0 Å². The first-order valence-corrected chi connectivity index (χ1v) is 5.36. The molecule has 0 spiro atoms. The Bertz CT molecular complexity index is 376. The van der Waals surface area contributed by atoms with E-state index >= 15 is 0 Å². The maximum Gasteiger partial charge on any atom is 0.331 e. The number of hydrogen-bond donors (Lipinski definition) is 2. The highest BCUT2D eigenvalue weighted by Gasteiger charge is 2.17. The summed E-state index contributed by atoms with van der Waals surface area (Å²) >= 11 is 21.5. The average Bonchev–Trinajstić information content (AvgIpc) is 2.14. The van der Waals surface area contributed by atoms with Gasteiger partial charge in [-0.05, 0) is 12.1 Å². The van der Waals surface area contributed by atoms with Crippen LogP contribution in [-0.2, 0) is 0 Å². The number of benzene rings is 1. The SMILES string of the molecule is CNC(=O)N(S)c1c(Cl)cc(Cl)cc1Cl. The molecule has 15 heavy (non-hydrogen) atoms. The fourth-order valence-corrected chi connectivity index (χ4v) is 2.36. The largest absolute Gasteiger partial charge is 0.340 e. The summed E-state index contributed by atoms with van der Waals surface area (Å²) in [4.78, 5) is 11.3. The van der Waals surface area contributed by atoms with E-state index < -0.39 is 6.03 Å². The minimum absolute atomic E-state index is 0.256. The van der Waals surface area contributed by atoms with Crippen molar-refractivity contribution in [3.8, 4) is 0 Å². The molecule has 1 rings (SSSR count). The molecule has 7 heteroatoms. The molecule has 3 nitrogen and oxygen atoms in total. The Labute approximate surface area is 108 Å². The number of thiol groups is 1. The van der Waals surface area contributed by atoms with Gasteiger partial charge in [0, 0.05) is 12.1 Å². The fourth-order valence-electron chi connectivity index (χ4n) is 0.944. The smallest absolute Gasteiger partial charge is 0.331 e. The number of hydrogen-bond acceptors (Lipinski definition) is 2. The Kier molecular flexibility index (Phi) is 4.40. The monoisotopic (exact) mass is 284 g/mol. The topological polar surface area (TPSA) is 32.3 Å². The van der Waals surface area contributed by atoms with Gasteiger partial charge in [0.05, 0.1) is 15.7 Å². The summed E-state index contributed by atoms with van der Waals surface area (Å²) in [6.45, 7) is 0. The maximum absolute atomic E-state index is 11.3. The van der Waals surface area contributed by atoms with Crippen LogP contribution in [0.4, 0.5) is 10.5 Å². The van der Waals surface area contributed by atoms with Crippen LogP contribution >= 0.6 is 47.6 Å². The van der Waals surface area contributed by atoms with Gasteiger partial charge in [0.2, 0.25) is 0 Å². The van der Waals surface area contributed by atoms with Gasteiger partial charge in [0.1, 0.15) is 0 Å². The summed E-state index contributed by atoms with van der Waals surface area (Å²) in [5, 5.41) is 3.30. The zero-order valence-electron chi connectivity index (χ0n) is 7.59. The summed E-state index contributed by atoms with van der Waals surface area (Å²) in [6, 6.07) is 2.52. The molecule has 0 radical (unpaired) electrons. The first kappa shape index (κ1) is 12.8. The van der Waals surface area contributed by atoms with Crippen molar-refractivity contribution in [2.75, 3.05) is 11.4 Å². The van der Waals surface area contributed by atoms with E-state index in [1.165, 1.54) is 19.2 Å². The minimum atomic E-state index is -0.440. The van der Waals surface area contributed by atoms with Crippen LogP contribution in [0.25, 0.3) is 0 Å². The summed E-state index contributed by atoms with van der Waals surface area (Å²) in [5.41, 5.74) is 0.297. The van der Waals surface area contributed by atoms with Crippen LogP contribution in [0.5, 0.6) is 0 Å². The van der Waals surface area contributed by atoms with Crippen LogP contribution in [0.1, 0.15) is 0 Å². The van der Waals surface area contributed by atoms with Crippen molar-refractivity contribution in [1.29, 1.82) is 0 Å². The molecule has 0 saturated carbocycles. The first-order chi connectivity index (χ1) is 6.97. The van der Waals surface area contributed by atoms with Gasteiger partial charge >= 0.3 is 6.03 Å². The Balaban J connectivity index is 3.19. The molecule has 0 unspecified atom stereocenters. The standard InChI is InChI=1S/C8H7Cl3N2OS/c1-12-8(14)13(15)7-5(10)2-4(9)3-6(7)11/h2-3,15H,1H3,(H,12,14). The van der Waals surface area contributed by atoms with E-state index in [0.29, 0.717) is 10.7 Å². The molecule has 2 amide bonds. The molecular formula is C8H7Cl3N2OS. The molecule has 0 aliphatic rings. The van der Waals surface area contributed by atoms with Gasteiger partial charge in [-0.3, -0.25) is 0 Å². The summed E-state index contributed by atoms with van der Waals surface area (Å²) in [7, 11) is 1.48. The lowest BCUT2D eigenvalue weighted by Crippen LogP contribution is -2.31. The highest BCUT2D eigenvalue weighted by Crippen LogP contribution is 2.37. The molecule has 0 bridgehead atoms. The number of halogens is 3. The Morgan fingerprint density at radius 3 is 2.20 bits per heavy atom. The number of urea groups is 1. The van der Waals surface area contributed by atoms with E-state index in [2.05, 4.69) is 18.1 Å². The lowest BCUT2D eigenvalue weighted by atomic mass is 10.3. The van der Waals surface area contributed by atoms with E-state index in [4.69, 9.17) is 34.8 Å². The highest BCUT2D eigenvalue weighted by atomic mass is 35.5. The lowest BCUT2D eigenvalue weighted by Gasteiger charge is -2.17. The molecule has 1 aromatic rings. The third kappa shape index (κ3) is 2.84. The van der Waals surface area contributed by atoms with Crippen molar-refractivity contribution in [2.45, 2.75) is 0 Å². The molecule has 0 aliphatic carbocycles. The first-order valence-electron chi connectivity index (χ1n) is 3.82. The van der Waals surface area contributed by atoms with Crippen molar-refractivity contribution in [1.82, 2.24) is 5.32 Å². The minimum Gasteiger partial charge on any atom is -0.340 e. The quantitative estimate of drug-likeness (QED) is 0.759. The summed E-state index contributed by atoms with van der Waals surface area (Å²) in [6.07, 6.45) is 0. The molecule has 0 aliphatic heterocycles. The second-order valence-electron chi connectivity index (χ2n) is 2.58. The predicted octanol–water partition coefficient (Wildman–Crippen LogP) is 3.64. The van der Waals surface area contributed by atoms with Crippen LogP contribution < -0.4 is 9.62 Å². The maximum atomic E-state index is 11.3. The van der Waals surface area contributed by atoms with Crippen molar-refractivity contribution >= 4 is 59.3 Å². The Hall–Kier alpha value is -0.290. The molecule has 82 valence electrons. The number of carbonyl (C=O) groups excluding carboxylic acids is 1. The normalized spacial score (nSPS) is 9.93. The Morgan fingerprint density at radius 1 is 1.33 bits per heavy atom. The number of anilines is 1. The van der Waals surface area contributed by atoms with E-state index in [9.17, 15) is 4.79 Å². The summed E-state index contributed by atoms with van der Waals surface area (Å²) in [5.74, 6) is 0. The van der Waals surface area contributed by atoms with Gasteiger partial charge in [0.15, 0.2) is 0 Å². The summed E-state index contributed by atoms with van der Waals surface area (Å²) < 4.78 is 1.01. The molecule has 0 fully saturated rings. The number of rotatable bonds is 1. The molecule has 1 aromatic carbocycles. The van der Waals surface area contributed by atoms with E-state index in [1.54, 1.807) is 0 Å². The van der Waals surface area contributed by atoms with Crippen molar-refractivity contribution in [2.24, 2.45) is 0 Å². The van der Waals surface area contributed by atoms with Crippen LogP contribution in [0, 0.1) is 0 Å². The second kappa shape index (κ2) is 5.16. The molecular weight excluding hydrogens is 279 g/mol. The zero-order chi connectivity index (χ0) is 11.6. The highest BCUT2D eigenvalue weighted by molar-refractivity contribution is 7.82. The van der Waals surface area contributed by atoms with Crippen LogP contribution in [0.2, 0.25) is 15.1 Å². The van der Waals surface area contributed by atoms with Crippen LogP contribution in [0.3, 0.4) is 0 Å². The predicted molar refractivity (Wildman–Crippen MR) is 67.4 cm³/mol. The molecule has 0 saturated heterocycles. The van der Waals surface area contributed by atoms with E-state index in [0.717, 1.165) is 4.31 Å². The van der Waals surface area contributed by atoms with Gasteiger partial charge in [-0.15, -0.1) is 0 Å². The molecule has 0 atom stereocenters. The van der Waals surface area contributed by atoms with Gasteiger partial charge in [0.25, 0.3) is 0 Å². The van der Waals surface area contributed by atoms with E-state index in [1.807, 2.05) is 0 Å². The number of carbonyl (C=O) groups is 1. The lowest BCUT2D eigenvalue weighted by molar-refractivity contribution is 0.252.